The van der Waals surface area contributed by atoms with Crippen molar-refractivity contribution in [1.29, 1.82) is 5.26 Å². The fourth-order valence-corrected chi connectivity index (χ4v) is 3.81. The largest absolute Gasteiger partial charge is 0.379 e. The monoisotopic (exact) mass is 428 g/mol. The van der Waals surface area contributed by atoms with Crippen molar-refractivity contribution in [2.24, 2.45) is 5.92 Å². The summed E-state index contributed by atoms with van der Waals surface area (Å²) in [6.07, 6.45) is 2.80. The first-order valence-corrected chi connectivity index (χ1v) is 11.3. The van der Waals surface area contributed by atoms with Gasteiger partial charge in [-0.1, -0.05) is 18.2 Å². The Labute approximate surface area is 186 Å². The van der Waals surface area contributed by atoms with Crippen molar-refractivity contribution in [2.45, 2.75) is 58.6 Å². The molecule has 2 rings (SSSR count). The van der Waals surface area contributed by atoms with Gasteiger partial charge in [0.2, 0.25) is 11.8 Å². The molecule has 1 aliphatic rings. The molecule has 0 spiro atoms. The van der Waals surface area contributed by atoms with E-state index in [0.717, 1.165) is 24.9 Å². The van der Waals surface area contributed by atoms with Crippen LogP contribution in [0.15, 0.2) is 30.3 Å². The molecule has 170 valence electrons. The second kappa shape index (κ2) is 13.1. The first kappa shape index (κ1) is 24.8. The van der Waals surface area contributed by atoms with Crippen molar-refractivity contribution in [3.05, 3.63) is 30.3 Å². The number of likely N-dealkylation sites (tertiary alicyclic amines) is 1. The fraction of sp³-hybridized carbons (Fsp3) is 0.625. The second-order valence-electron chi connectivity index (χ2n) is 8.28. The molecule has 7 heteroatoms. The van der Waals surface area contributed by atoms with Gasteiger partial charge in [0.25, 0.3) is 0 Å². The summed E-state index contributed by atoms with van der Waals surface area (Å²) in [5.74, 6) is 0.0889. The van der Waals surface area contributed by atoms with Gasteiger partial charge < -0.3 is 15.0 Å². The summed E-state index contributed by atoms with van der Waals surface area (Å²) < 4.78 is 5.50. The van der Waals surface area contributed by atoms with Crippen LogP contribution in [0.5, 0.6) is 0 Å². The number of hydrogen-bond acceptors (Lipinski definition) is 5. The first-order chi connectivity index (χ1) is 14.9. The van der Waals surface area contributed by atoms with Crippen LogP contribution in [0.2, 0.25) is 0 Å². The fourth-order valence-electron chi connectivity index (χ4n) is 3.81. The van der Waals surface area contributed by atoms with E-state index < -0.39 is 0 Å². The zero-order valence-electron chi connectivity index (χ0n) is 19.0. The molecule has 1 unspecified atom stereocenters. The average Bonchev–Trinajstić information content (AvgIpc) is 2.79. The smallest absolute Gasteiger partial charge is 0.244 e. The van der Waals surface area contributed by atoms with Gasteiger partial charge in [0.05, 0.1) is 24.6 Å². The number of carbonyl (C=O) groups is 2. The number of rotatable bonds is 11. The number of carbonyl (C=O) groups excluding carboxylic acids is 2. The molecule has 1 saturated heterocycles. The lowest BCUT2D eigenvalue weighted by molar-refractivity contribution is -0.127. The zero-order chi connectivity index (χ0) is 22.6. The van der Waals surface area contributed by atoms with Gasteiger partial charge >= 0.3 is 0 Å². The van der Waals surface area contributed by atoms with E-state index in [1.807, 2.05) is 51.1 Å². The Hall–Kier alpha value is -2.43. The summed E-state index contributed by atoms with van der Waals surface area (Å²) in [7, 11) is 0. The molecule has 7 nitrogen and oxygen atoms in total. The number of hydrogen-bond donors (Lipinski definition) is 1. The standard InChI is InChI=1S/C24H36N4O3/c1-19(2)31-18-8-14-26-23(29)21-11-16-27(17-12-21)20(3)24(30)28(15-7-13-25)22-9-5-4-6-10-22/h4-6,9-10,19-21H,7-8,11-12,14-18H2,1-3H3,(H,26,29). The molecule has 1 aromatic carbocycles. The molecule has 0 aromatic heterocycles. The number of piperidine rings is 1. The van der Waals surface area contributed by atoms with Gasteiger partial charge in [-0.3, -0.25) is 14.5 Å². The van der Waals surface area contributed by atoms with Gasteiger partial charge in [0.1, 0.15) is 0 Å². The van der Waals surface area contributed by atoms with Crippen LogP contribution in [0.25, 0.3) is 0 Å². The van der Waals surface area contributed by atoms with Gasteiger partial charge in [0, 0.05) is 31.3 Å². The van der Waals surface area contributed by atoms with Crippen molar-refractivity contribution in [1.82, 2.24) is 10.2 Å². The van der Waals surface area contributed by atoms with E-state index in [9.17, 15) is 9.59 Å². The van der Waals surface area contributed by atoms with E-state index in [4.69, 9.17) is 10.00 Å². The Bertz CT molecular complexity index is 724. The van der Waals surface area contributed by atoms with Gasteiger partial charge in [-0.25, -0.2) is 0 Å². The lowest BCUT2D eigenvalue weighted by Crippen LogP contribution is -2.51. The SMILES string of the molecule is CC(C)OCCCNC(=O)C1CCN(C(C)C(=O)N(CCC#N)c2ccccc2)CC1. The van der Waals surface area contributed by atoms with E-state index in [-0.39, 0.29) is 36.3 Å². The number of para-hydroxylation sites is 1. The predicted molar refractivity (Wildman–Crippen MR) is 121 cm³/mol. The van der Waals surface area contributed by atoms with Gasteiger partial charge in [-0.05, 0) is 65.3 Å². The Morgan fingerprint density at radius 1 is 1.23 bits per heavy atom. The van der Waals surface area contributed by atoms with Crippen LogP contribution in [0.1, 0.15) is 46.5 Å². The number of anilines is 1. The van der Waals surface area contributed by atoms with Crippen molar-refractivity contribution >= 4 is 17.5 Å². The summed E-state index contributed by atoms with van der Waals surface area (Å²) in [5, 5.41) is 12.0. The molecule has 1 heterocycles. The number of nitrogens with zero attached hydrogens (tertiary/aromatic N) is 3. The van der Waals surface area contributed by atoms with Gasteiger partial charge in [-0.15, -0.1) is 0 Å². The molecule has 0 bridgehead atoms. The van der Waals surface area contributed by atoms with Crippen LogP contribution < -0.4 is 10.2 Å². The average molecular weight is 429 g/mol. The van der Waals surface area contributed by atoms with Crippen LogP contribution in [0.4, 0.5) is 5.69 Å². The third kappa shape index (κ3) is 7.97. The van der Waals surface area contributed by atoms with Gasteiger partial charge in [-0.2, -0.15) is 5.26 Å². The van der Waals surface area contributed by atoms with Crippen molar-refractivity contribution in [3.8, 4) is 6.07 Å². The maximum Gasteiger partial charge on any atom is 0.244 e. The molecule has 1 fully saturated rings. The summed E-state index contributed by atoms with van der Waals surface area (Å²) in [4.78, 5) is 29.5. The lowest BCUT2D eigenvalue weighted by atomic mass is 9.94. The Morgan fingerprint density at radius 3 is 2.52 bits per heavy atom. The van der Waals surface area contributed by atoms with E-state index in [0.29, 0.717) is 32.8 Å². The molecule has 0 saturated carbocycles. The van der Waals surface area contributed by atoms with Gasteiger partial charge in [0.15, 0.2) is 0 Å². The maximum atomic E-state index is 13.2. The third-order valence-electron chi connectivity index (χ3n) is 5.66. The molecular weight excluding hydrogens is 392 g/mol. The molecule has 2 amide bonds. The minimum atomic E-state index is -0.295. The molecule has 1 atom stereocenters. The minimum absolute atomic E-state index is 0.00509. The highest BCUT2D eigenvalue weighted by molar-refractivity contribution is 5.97. The minimum Gasteiger partial charge on any atom is -0.379 e. The van der Waals surface area contributed by atoms with E-state index >= 15 is 0 Å². The number of ether oxygens (including phenoxy) is 1. The Balaban J connectivity index is 1.83. The second-order valence-corrected chi connectivity index (χ2v) is 8.28. The zero-order valence-corrected chi connectivity index (χ0v) is 19.0. The molecule has 1 aromatic rings. The first-order valence-electron chi connectivity index (χ1n) is 11.3. The summed E-state index contributed by atoms with van der Waals surface area (Å²) in [6, 6.07) is 11.3. The highest BCUT2D eigenvalue weighted by Crippen LogP contribution is 2.22. The number of amides is 2. The normalized spacial score (nSPS) is 16.0. The number of benzene rings is 1. The summed E-state index contributed by atoms with van der Waals surface area (Å²) in [6.45, 7) is 9.00. The molecular formula is C24H36N4O3. The van der Waals surface area contributed by atoms with Crippen LogP contribution in [-0.2, 0) is 14.3 Å². The topological polar surface area (TPSA) is 85.7 Å². The third-order valence-corrected chi connectivity index (χ3v) is 5.66. The van der Waals surface area contributed by atoms with E-state index in [1.54, 1.807) is 4.90 Å². The van der Waals surface area contributed by atoms with E-state index in [2.05, 4.69) is 16.3 Å². The highest BCUT2D eigenvalue weighted by atomic mass is 16.5. The quantitative estimate of drug-likeness (QED) is 0.548. The number of nitrogens with one attached hydrogen (secondary N) is 1. The molecule has 1 N–H and O–H groups in total. The molecule has 0 aliphatic carbocycles. The van der Waals surface area contributed by atoms with Crippen molar-refractivity contribution < 1.29 is 14.3 Å². The van der Waals surface area contributed by atoms with Crippen LogP contribution >= 0.6 is 0 Å². The molecule has 0 radical (unpaired) electrons. The van der Waals surface area contributed by atoms with Crippen LogP contribution in [-0.4, -0.2) is 61.6 Å². The Kier molecular flexibility index (Phi) is 10.5. The van der Waals surface area contributed by atoms with Crippen molar-refractivity contribution in [3.63, 3.8) is 0 Å². The van der Waals surface area contributed by atoms with Crippen LogP contribution in [0.3, 0.4) is 0 Å². The maximum absolute atomic E-state index is 13.2. The lowest BCUT2D eigenvalue weighted by Gasteiger charge is -2.37. The molecule has 1 aliphatic heterocycles. The summed E-state index contributed by atoms with van der Waals surface area (Å²) in [5.41, 5.74) is 0.810. The van der Waals surface area contributed by atoms with Crippen molar-refractivity contribution in [2.75, 3.05) is 37.7 Å². The van der Waals surface area contributed by atoms with Crippen LogP contribution in [0, 0.1) is 17.2 Å². The summed E-state index contributed by atoms with van der Waals surface area (Å²) >= 11 is 0. The highest BCUT2D eigenvalue weighted by Gasteiger charge is 2.32. The Morgan fingerprint density at radius 2 is 1.90 bits per heavy atom. The van der Waals surface area contributed by atoms with E-state index in [1.165, 1.54) is 0 Å². The molecule has 31 heavy (non-hydrogen) atoms. The predicted octanol–water partition coefficient (Wildman–Crippen LogP) is 2.97. The number of nitriles is 1.